The van der Waals surface area contributed by atoms with Crippen molar-refractivity contribution in [3.63, 3.8) is 0 Å². The van der Waals surface area contributed by atoms with Gasteiger partial charge in [-0.15, -0.1) is 0 Å². The normalized spacial score (nSPS) is 13.3. The molecule has 0 aliphatic carbocycles. The molecule has 4 amide bonds. The summed E-state index contributed by atoms with van der Waals surface area (Å²) in [6.45, 7) is 11.2. The van der Waals surface area contributed by atoms with Crippen LogP contribution in [0.2, 0.25) is 0 Å². The van der Waals surface area contributed by atoms with Gasteiger partial charge >= 0.3 is 18.3 Å². The lowest BCUT2D eigenvalue weighted by Crippen LogP contribution is -2.49. The summed E-state index contributed by atoms with van der Waals surface area (Å²) in [4.78, 5) is 46.6. The third-order valence-corrected chi connectivity index (χ3v) is 3.95. The number of ether oxygens (including phenoxy) is 2. The lowest BCUT2D eigenvalue weighted by molar-refractivity contribution is -0.122. The predicted octanol–water partition coefficient (Wildman–Crippen LogP) is 1.68. The maximum absolute atomic E-state index is 12.3. The number of alkyl carbamates (subject to hydrolysis) is 2. The average molecular weight is 476 g/mol. The molecule has 0 aromatic heterocycles. The van der Waals surface area contributed by atoms with Crippen LogP contribution in [0.3, 0.4) is 0 Å². The molecular formula is C21H41N5O7. The minimum atomic E-state index is -1.13. The van der Waals surface area contributed by atoms with E-state index in [-0.39, 0.29) is 13.1 Å². The average Bonchev–Trinajstić information content (AvgIpc) is 2.62. The number of amides is 4. The fourth-order valence-corrected chi connectivity index (χ4v) is 2.56. The van der Waals surface area contributed by atoms with Gasteiger partial charge in [0.2, 0.25) is 5.91 Å². The number of hydrogen-bond acceptors (Lipinski definition) is 7. The van der Waals surface area contributed by atoms with Gasteiger partial charge in [-0.05, 0) is 67.2 Å². The van der Waals surface area contributed by atoms with Crippen molar-refractivity contribution in [2.45, 2.75) is 90.5 Å². The van der Waals surface area contributed by atoms with Crippen LogP contribution in [0.4, 0.5) is 14.4 Å². The maximum atomic E-state index is 12.3. The lowest BCUT2D eigenvalue weighted by Gasteiger charge is -2.24. The molecule has 0 bridgehead atoms. The smallest absolute Gasteiger partial charge is 0.407 e. The molecule has 2 atom stereocenters. The maximum Gasteiger partial charge on any atom is 0.407 e. The number of rotatable bonds is 12. The van der Waals surface area contributed by atoms with E-state index in [1.165, 1.54) is 0 Å². The Morgan fingerprint density at radius 3 is 1.88 bits per heavy atom. The molecule has 0 radical (unpaired) electrons. The summed E-state index contributed by atoms with van der Waals surface area (Å²) in [6, 6.07) is -1.26. The van der Waals surface area contributed by atoms with Crippen LogP contribution >= 0.6 is 0 Å². The Bertz CT molecular complexity index is 644. The van der Waals surface area contributed by atoms with Gasteiger partial charge in [0.25, 0.3) is 0 Å². The Labute approximate surface area is 195 Å². The van der Waals surface area contributed by atoms with Gasteiger partial charge in [-0.25, -0.2) is 14.4 Å². The SMILES string of the molecule is CC(C)(C)OC(=O)NCCC[C@H](CNC(=O)[C@@H](N)CCCNC(=O)O)NC(=O)OC(C)(C)C. The van der Waals surface area contributed by atoms with Crippen LogP contribution in [0.15, 0.2) is 0 Å². The summed E-state index contributed by atoms with van der Waals surface area (Å²) in [6.07, 6.45) is -0.602. The van der Waals surface area contributed by atoms with Crippen molar-refractivity contribution in [3.8, 4) is 0 Å². The van der Waals surface area contributed by atoms with Crippen molar-refractivity contribution < 1.29 is 33.8 Å². The van der Waals surface area contributed by atoms with Gasteiger partial charge in [0.1, 0.15) is 11.2 Å². The Hall–Kier alpha value is -2.76. The van der Waals surface area contributed by atoms with Crippen LogP contribution in [0.25, 0.3) is 0 Å². The number of carboxylic acid groups (broad SMARTS) is 1. The zero-order chi connectivity index (χ0) is 25.7. The predicted molar refractivity (Wildman–Crippen MR) is 123 cm³/mol. The Morgan fingerprint density at radius 1 is 0.818 bits per heavy atom. The number of hydrogen-bond donors (Lipinski definition) is 6. The Kier molecular flexibility index (Phi) is 13.2. The van der Waals surface area contributed by atoms with Crippen LogP contribution < -0.4 is 27.0 Å². The molecule has 12 nitrogen and oxygen atoms in total. The topological polar surface area (TPSA) is 181 Å². The molecule has 0 spiro atoms. The number of carbonyl (C=O) groups excluding carboxylic acids is 3. The second-order valence-corrected chi connectivity index (χ2v) is 9.64. The van der Waals surface area contributed by atoms with E-state index >= 15 is 0 Å². The standard InChI is InChI=1S/C21H41N5O7/c1-20(2,3)32-18(30)24-12-7-9-14(26-19(31)33-21(4,5)6)13-25-16(27)15(22)10-8-11-23-17(28)29/h14-15,23H,7-13,22H2,1-6H3,(H,24,30)(H,25,27)(H,26,31)(H,28,29)/t14-,15+/m1/s1. The van der Waals surface area contributed by atoms with E-state index in [1.54, 1.807) is 41.5 Å². The van der Waals surface area contributed by atoms with E-state index in [9.17, 15) is 19.2 Å². The van der Waals surface area contributed by atoms with Crippen LogP contribution in [0, 0.1) is 0 Å². The van der Waals surface area contributed by atoms with E-state index in [0.29, 0.717) is 32.2 Å². The first-order valence-electron chi connectivity index (χ1n) is 11.1. The number of nitrogens with two attached hydrogens (primary N) is 1. The number of nitrogens with one attached hydrogen (secondary N) is 4. The van der Waals surface area contributed by atoms with E-state index in [0.717, 1.165) is 0 Å². The lowest BCUT2D eigenvalue weighted by atomic mass is 10.1. The van der Waals surface area contributed by atoms with Gasteiger partial charge in [-0.3, -0.25) is 4.79 Å². The first-order chi connectivity index (χ1) is 15.1. The second kappa shape index (κ2) is 14.4. The zero-order valence-corrected chi connectivity index (χ0v) is 20.6. The summed E-state index contributed by atoms with van der Waals surface area (Å²) in [7, 11) is 0. The highest BCUT2D eigenvalue weighted by Crippen LogP contribution is 2.08. The Balaban J connectivity index is 4.63. The van der Waals surface area contributed by atoms with Crippen molar-refractivity contribution in [1.29, 1.82) is 0 Å². The first-order valence-corrected chi connectivity index (χ1v) is 11.1. The number of carbonyl (C=O) groups is 4. The van der Waals surface area contributed by atoms with Crippen molar-refractivity contribution in [1.82, 2.24) is 21.3 Å². The third-order valence-electron chi connectivity index (χ3n) is 3.95. The molecule has 0 unspecified atom stereocenters. The molecule has 0 fully saturated rings. The van der Waals surface area contributed by atoms with Gasteiger partial charge in [-0.1, -0.05) is 0 Å². The molecule has 0 heterocycles. The van der Waals surface area contributed by atoms with E-state index in [2.05, 4.69) is 21.3 Å². The molecule has 7 N–H and O–H groups in total. The summed E-state index contributed by atoms with van der Waals surface area (Å²) >= 11 is 0. The molecule has 33 heavy (non-hydrogen) atoms. The summed E-state index contributed by atoms with van der Waals surface area (Å²) in [5.74, 6) is -0.409. The molecule has 192 valence electrons. The fraction of sp³-hybridized carbons (Fsp3) is 0.810. The molecule has 0 rings (SSSR count). The van der Waals surface area contributed by atoms with Gasteiger partial charge < -0.3 is 41.6 Å². The fourth-order valence-electron chi connectivity index (χ4n) is 2.56. The van der Waals surface area contributed by atoms with E-state index < -0.39 is 47.5 Å². The minimum absolute atomic E-state index is 0.117. The Morgan fingerprint density at radius 2 is 1.33 bits per heavy atom. The molecule has 12 heteroatoms. The monoisotopic (exact) mass is 475 g/mol. The van der Waals surface area contributed by atoms with Gasteiger partial charge in [0.05, 0.1) is 6.04 Å². The van der Waals surface area contributed by atoms with Crippen molar-refractivity contribution in [2.24, 2.45) is 5.73 Å². The van der Waals surface area contributed by atoms with Gasteiger partial charge in [-0.2, -0.15) is 0 Å². The van der Waals surface area contributed by atoms with Crippen molar-refractivity contribution in [2.75, 3.05) is 19.6 Å². The molecular weight excluding hydrogens is 434 g/mol. The van der Waals surface area contributed by atoms with Crippen molar-refractivity contribution >= 4 is 24.2 Å². The third kappa shape index (κ3) is 18.5. The van der Waals surface area contributed by atoms with Crippen LogP contribution in [0.5, 0.6) is 0 Å². The molecule has 0 saturated carbocycles. The highest BCUT2D eigenvalue weighted by Gasteiger charge is 2.21. The largest absolute Gasteiger partial charge is 0.465 e. The van der Waals surface area contributed by atoms with Gasteiger partial charge in [0.15, 0.2) is 0 Å². The molecule has 0 aliphatic heterocycles. The molecule has 0 saturated heterocycles. The molecule has 0 aliphatic rings. The second-order valence-electron chi connectivity index (χ2n) is 9.64. The van der Waals surface area contributed by atoms with Gasteiger partial charge in [0, 0.05) is 25.7 Å². The molecule has 0 aromatic rings. The highest BCUT2D eigenvalue weighted by atomic mass is 16.6. The molecule has 0 aromatic carbocycles. The summed E-state index contributed by atoms with van der Waals surface area (Å²) in [5, 5.41) is 18.8. The van der Waals surface area contributed by atoms with E-state index in [1.807, 2.05) is 0 Å². The zero-order valence-electron chi connectivity index (χ0n) is 20.6. The summed E-state index contributed by atoms with van der Waals surface area (Å²) < 4.78 is 10.4. The van der Waals surface area contributed by atoms with Crippen LogP contribution in [-0.4, -0.2) is 72.2 Å². The van der Waals surface area contributed by atoms with Crippen molar-refractivity contribution in [3.05, 3.63) is 0 Å². The minimum Gasteiger partial charge on any atom is -0.465 e. The van der Waals surface area contributed by atoms with Crippen LogP contribution in [-0.2, 0) is 14.3 Å². The summed E-state index contributed by atoms with van der Waals surface area (Å²) in [5.41, 5.74) is 4.57. The quantitative estimate of drug-likeness (QED) is 0.230. The van der Waals surface area contributed by atoms with E-state index in [4.69, 9.17) is 20.3 Å². The first kappa shape index (κ1) is 30.2. The van der Waals surface area contributed by atoms with Crippen LogP contribution in [0.1, 0.15) is 67.2 Å². The highest BCUT2D eigenvalue weighted by molar-refractivity contribution is 5.81.